The third kappa shape index (κ3) is 6.31. The maximum atomic E-state index is 13.9. The van der Waals surface area contributed by atoms with Gasteiger partial charge in [0.2, 0.25) is 0 Å². The Labute approximate surface area is 172 Å². The third-order valence-electron chi connectivity index (χ3n) is 4.90. The number of anilines is 1. The Morgan fingerprint density at radius 1 is 1.32 bits per heavy atom. The van der Waals surface area contributed by atoms with E-state index in [9.17, 15) is 9.18 Å². The maximum absolute atomic E-state index is 13.9. The van der Waals surface area contributed by atoms with Crippen molar-refractivity contribution in [2.45, 2.75) is 32.7 Å². The van der Waals surface area contributed by atoms with Gasteiger partial charge in [-0.05, 0) is 70.7 Å². The zero-order chi connectivity index (χ0) is 20.7. The van der Waals surface area contributed by atoms with Crippen LogP contribution in [0.2, 0.25) is 0 Å². The molecule has 1 aliphatic rings. The standard InChI is InChI=1S/C20H31FN4O2S/c1-5-27-20(26)24-10-8-17(9-11-24)25(13-12-23(3)4)19(28)22-16-7-6-15(2)18(21)14-16/h6-7,14,17H,5,8-13H2,1-4H3,(H,22,28). The fraction of sp³-hybridized carbons (Fsp3) is 0.600. The van der Waals surface area contributed by atoms with Crippen molar-refractivity contribution in [2.24, 2.45) is 0 Å². The number of benzene rings is 1. The van der Waals surface area contributed by atoms with Crippen LogP contribution in [-0.2, 0) is 4.74 Å². The van der Waals surface area contributed by atoms with E-state index in [-0.39, 0.29) is 18.0 Å². The number of rotatable bonds is 6. The number of thiocarbonyl (C=S) groups is 1. The molecule has 0 aromatic heterocycles. The number of halogens is 1. The van der Waals surface area contributed by atoms with Crippen LogP contribution in [0, 0.1) is 12.7 Å². The largest absolute Gasteiger partial charge is 0.450 e. The molecular weight excluding hydrogens is 379 g/mol. The molecule has 8 heteroatoms. The molecule has 1 aliphatic heterocycles. The molecule has 0 unspecified atom stereocenters. The van der Waals surface area contributed by atoms with Gasteiger partial charge in [-0.25, -0.2) is 9.18 Å². The Morgan fingerprint density at radius 3 is 2.57 bits per heavy atom. The molecule has 0 atom stereocenters. The fourth-order valence-electron chi connectivity index (χ4n) is 3.20. The summed E-state index contributed by atoms with van der Waals surface area (Å²) in [7, 11) is 4.04. The van der Waals surface area contributed by atoms with Gasteiger partial charge in [-0.2, -0.15) is 0 Å². The molecule has 1 aromatic carbocycles. The Morgan fingerprint density at radius 2 is 2.00 bits per heavy atom. The van der Waals surface area contributed by atoms with Crippen molar-refractivity contribution in [3.8, 4) is 0 Å². The summed E-state index contributed by atoms with van der Waals surface area (Å²) in [5.74, 6) is -0.254. The molecular formula is C20H31FN4O2S. The van der Waals surface area contributed by atoms with E-state index in [0.717, 1.165) is 25.9 Å². The number of hydrogen-bond acceptors (Lipinski definition) is 4. The quantitative estimate of drug-likeness (QED) is 0.726. The smallest absolute Gasteiger partial charge is 0.409 e. The zero-order valence-electron chi connectivity index (χ0n) is 17.2. The average Bonchev–Trinajstić information content (AvgIpc) is 2.65. The summed E-state index contributed by atoms with van der Waals surface area (Å²) >= 11 is 5.66. The Bertz CT molecular complexity index is 678. The Balaban J connectivity index is 2.03. The molecule has 0 saturated carbocycles. The number of hydrogen-bond donors (Lipinski definition) is 1. The van der Waals surface area contributed by atoms with Crippen LogP contribution in [0.25, 0.3) is 0 Å². The number of amides is 1. The van der Waals surface area contributed by atoms with Crippen molar-refractivity contribution in [3.05, 3.63) is 29.6 Å². The summed E-state index contributed by atoms with van der Waals surface area (Å²) in [6.45, 7) is 6.82. The summed E-state index contributed by atoms with van der Waals surface area (Å²) in [4.78, 5) is 17.9. The number of likely N-dealkylation sites (N-methyl/N-ethyl adjacent to an activating group) is 1. The second kappa shape index (κ2) is 10.6. The predicted molar refractivity (Wildman–Crippen MR) is 114 cm³/mol. The first-order valence-corrected chi connectivity index (χ1v) is 10.1. The Hall–Kier alpha value is -1.93. The first-order valence-electron chi connectivity index (χ1n) is 9.72. The average molecular weight is 411 g/mol. The molecule has 156 valence electrons. The van der Waals surface area contributed by atoms with Crippen molar-refractivity contribution in [3.63, 3.8) is 0 Å². The van der Waals surface area contributed by atoms with Gasteiger partial charge in [0, 0.05) is 37.9 Å². The summed E-state index contributed by atoms with van der Waals surface area (Å²) in [5, 5.41) is 3.76. The van der Waals surface area contributed by atoms with Crippen LogP contribution in [0.5, 0.6) is 0 Å². The van der Waals surface area contributed by atoms with Crippen LogP contribution in [0.1, 0.15) is 25.3 Å². The van der Waals surface area contributed by atoms with Gasteiger partial charge in [-0.1, -0.05) is 6.07 Å². The van der Waals surface area contributed by atoms with Crippen LogP contribution in [-0.4, -0.2) is 78.8 Å². The molecule has 0 aliphatic carbocycles. The Kier molecular flexibility index (Phi) is 8.44. The molecule has 28 heavy (non-hydrogen) atoms. The van der Waals surface area contributed by atoms with Crippen molar-refractivity contribution in [2.75, 3.05) is 52.2 Å². The minimum atomic E-state index is -0.254. The number of nitrogens with one attached hydrogen (secondary N) is 1. The van der Waals surface area contributed by atoms with Crippen LogP contribution in [0.15, 0.2) is 18.2 Å². The van der Waals surface area contributed by atoms with Crippen molar-refractivity contribution >= 4 is 29.1 Å². The monoisotopic (exact) mass is 410 g/mol. The molecule has 1 N–H and O–H groups in total. The minimum absolute atomic E-state index is 0.223. The van der Waals surface area contributed by atoms with Gasteiger partial charge in [-0.3, -0.25) is 0 Å². The lowest BCUT2D eigenvalue weighted by atomic mass is 10.0. The first kappa shape index (κ1) is 22.4. The highest BCUT2D eigenvalue weighted by atomic mass is 32.1. The lowest BCUT2D eigenvalue weighted by Crippen LogP contribution is -2.51. The number of aryl methyl sites for hydroxylation is 1. The second-order valence-corrected chi connectivity index (χ2v) is 7.69. The maximum Gasteiger partial charge on any atom is 0.409 e. The van der Waals surface area contributed by atoms with Gasteiger partial charge >= 0.3 is 6.09 Å². The van der Waals surface area contributed by atoms with E-state index in [1.807, 2.05) is 27.1 Å². The molecule has 1 saturated heterocycles. The van der Waals surface area contributed by atoms with E-state index >= 15 is 0 Å². The van der Waals surface area contributed by atoms with Gasteiger partial charge < -0.3 is 24.8 Å². The molecule has 1 aromatic rings. The molecule has 0 spiro atoms. The van der Waals surface area contributed by atoms with Gasteiger partial charge in [0.1, 0.15) is 5.82 Å². The van der Waals surface area contributed by atoms with Crippen molar-refractivity contribution in [1.82, 2.24) is 14.7 Å². The molecule has 1 fully saturated rings. The van der Waals surface area contributed by atoms with E-state index in [1.54, 1.807) is 17.9 Å². The van der Waals surface area contributed by atoms with Crippen LogP contribution in [0.4, 0.5) is 14.9 Å². The molecule has 6 nitrogen and oxygen atoms in total. The van der Waals surface area contributed by atoms with Crippen molar-refractivity contribution in [1.29, 1.82) is 0 Å². The topological polar surface area (TPSA) is 48.1 Å². The first-order chi connectivity index (χ1) is 13.3. The third-order valence-corrected chi connectivity index (χ3v) is 5.24. The second-order valence-electron chi connectivity index (χ2n) is 7.31. The van der Waals surface area contributed by atoms with Crippen LogP contribution in [0.3, 0.4) is 0 Å². The summed E-state index contributed by atoms with van der Waals surface area (Å²) in [6, 6.07) is 5.26. The molecule has 0 bridgehead atoms. The van der Waals surface area contributed by atoms with Gasteiger partial charge in [-0.15, -0.1) is 0 Å². The number of piperidine rings is 1. The predicted octanol–water partition coefficient (Wildman–Crippen LogP) is 3.32. The number of ether oxygens (including phenoxy) is 1. The molecule has 2 rings (SSSR count). The van der Waals surface area contributed by atoms with Crippen molar-refractivity contribution < 1.29 is 13.9 Å². The number of carbonyl (C=O) groups is 1. The summed E-state index contributed by atoms with van der Waals surface area (Å²) < 4.78 is 19.0. The van der Waals surface area contributed by atoms with Gasteiger partial charge in [0.15, 0.2) is 5.11 Å². The minimum Gasteiger partial charge on any atom is -0.450 e. The highest BCUT2D eigenvalue weighted by Gasteiger charge is 2.29. The van der Waals surface area contributed by atoms with Gasteiger partial charge in [0.25, 0.3) is 0 Å². The van der Waals surface area contributed by atoms with Gasteiger partial charge in [0.05, 0.1) is 6.61 Å². The molecule has 1 heterocycles. The lowest BCUT2D eigenvalue weighted by molar-refractivity contribution is 0.0867. The summed E-state index contributed by atoms with van der Waals surface area (Å²) in [6.07, 6.45) is 1.38. The lowest BCUT2D eigenvalue weighted by Gasteiger charge is -2.40. The highest BCUT2D eigenvalue weighted by Crippen LogP contribution is 2.20. The number of carbonyl (C=O) groups excluding carboxylic acids is 1. The van der Waals surface area contributed by atoms with E-state index in [2.05, 4.69) is 15.1 Å². The van der Waals surface area contributed by atoms with E-state index in [4.69, 9.17) is 17.0 Å². The highest BCUT2D eigenvalue weighted by molar-refractivity contribution is 7.80. The van der Waals surface area contributed by atoms with Crippen LogP contribution < -0.4 is 5.32 Å². The normalized spacial score (nSPS) is 14.9. The van der Waals surface area contributed by atoms with E-state index < -0.39 is 0 Å². The van der Waals surface area contributed by atoms with E-state index in [0.29, 0.717) is 36.1 Å². The van der Waals surface area contributed by atoms with Crippen LogP contribution >= 0.6 is 12.2 Å². The molecule has 0 radical (unpaired) electrons. The van der Waals surface area contributed by atoms with E-state index in [1.165, 1.54) is 6.07 Å². The number of likely N-dealkylation sites (tertiary alicyclic amines) is 1. The summed E-state index contributed by atoms with van der Waals surface area (Å²) in [5.41, 5.74) is 1.25. The fourth-order valence-corrected chi connectivity index (χ4v) is 3.56. The molecule has 1 amide bonds. The SMILES string of the molecule is CCOC(=O)N1CCC(N(CCN(C)C)C(=S)Nc2ccc(C)c(F)c2)CC1. The number of nitrogens with zero attached hydrogens (tertiary/aromatic N) is 3. The zero-order valence-corrected chi connectivity index (χ0v) is 18.0.